The van der Waals surface area contributed by atoms with Gasteiger partial charge in [-0.25, -0.2) is 4.99 Å². The minimum absolute atomic E-state index is 0.672. The third-order valence-corrected chi connectivity index (χ3v) is 11.5. The highest BCUT2D eigenvalue weighted by Crippen LogP contribution is 2.41. The van der Waals surface area contributed by atoms with Gasteiger partial charge in [-0.15, -0.1) is 0 Å². The Bertz CT molecular complexity index is 3190. The molecular weight excluding hydrogens is 789 g/mol. The van der Waals surface area contributed by atoms with Crippen molar-refractivity contribution in [2.45, 2.75) is 13.3 Å². The fourth-order valence-corrected chi connectivity index (χ4v) is 8.28. The lowest BCUT2D eigenvalue weighted by Crippen LogP contribution is -2.17. The van der Waals surface area contributed by atoms with E-state index in [-0.39, 0.29) is 0 Å². The summed E-state index contributed by atoms with van der Waals surface area (Å²) in [5.74, 6) is 0. The predicted octanol–water partition coefficient (Wildman–Crippen LogP) is 14.6. The number of aliphatic imine (C=N–C) groups is 3. The third kappa shape index (κ3) is 9.83. The Morgan fingerprint density at radius 1 is 0.508 bits per heavy atom. The molecule has 312 valence electrons. The fraction of sp³-hybridized carbons (Fsp3) is 0.0492. The van der Waals surface area contributed by atoms with Crippen LogP contribution in [0.1, 0.15) is 51.4 Å². The Balaban J connectivity index is 1.29. The van der Waals surface area contributed by atoms with Crippen LogP contribution in [-0.2, 0) is 6.42 Å². The van der Waals surface area contributed by atoms with Crippen molar-refractivity contribution in [3.8, 4) is 11.1 Å². The van der Waals surface area contributed by atoms with Crippen LogP contribution in [0.25, 0.3) is 44.9 Å². The summed E-state index contributed by atoms with van der Waals surface area (Å²) in [6, 6.07) is 78.3. The number of nitrogens with zero attached hydrogens (tertiary/aromatic N) is 4. The average molecular weight is 837 g/mol. The first-order valence-electron chi connectivity index (χ1n) is 22.0. The maximum Gasteiger partial charge on any atom is 0.0967 e. The minimum atomic E-state index is 0.672. The third-order valence-electron chi connectivity index (χ3n) is 11.5. The van der Waals surface area contributed by atoms with E-state index >= 15 is 0 Å². The highest BCUT2D eigenvalue weighted by Gasteiger charge is 2.20. The van der Waals surface area contributed by atoms with E-state index < -0.39 is 0 Å². The van der Waals surface area contributed by atoms with Gasteiger partial charge in [0.1, 0.15) is 0 Å². The molecule has 0 fully saturated rings. The molecule has 0 bridgehead atoms. The molecule has 1 heterocycles. The molecule has 0 aliphatic heterocycles. The van der Waals surface area contributed by atoms with Crippen molar-refractivity contribution in [1.29, 1.82) is 0 Å². The zero-order valence-electron chi connectivity index (χ0n) is 36.6. The summed E-state index contributed by atoms with van der Waals surface area (Å²) in [6.07, 6.45) is 6.45. The lowest BCUT2D eigenvalue weighted by molar-refractivity contribution is 1.30. The van der Waals surface area contributed by atoms with E-state index in [4.69, 9.17) is 15.0 Å². The maximum absolute atomic E-state index is 5.77. The normalized spacial score (nSPS) is 12.8. The minimum Gasteiger partial charge on any atom is -0.286 e. The highest BCUT2D eigenvalue weighted by molar-refractivity contribution is 6.54. The Labute approximate surface area is 382 Å². The van der Waals surface area contributed by atoms with E-state index in [0.717, 1.165) is 94.9 Å². The molecule has 9 aromatic rings. The predicted molar refractivity (Wildman–Crippen MR) is 275 cm³/mol. The van der Waals surface area contributed by atoms with Gasteiger partial charge < -0.3 is 0 Å². The van der Waals surface area contributed by atoms with Crippen LogP contribution in [0.15, 0.2) is 252 Å². The van der Waals surface area contributed by atoms with Crippen LogP contribution in [0.3, 0.4) is 0 Å². The van der Waals surface area contributed by atoms with Crippen LogP contribution in [0.2, 0.25) is 0 Å². The summed E-state index contributed by atoms with van der Waals surface area (Å²) in [5.41, 5.74) is 15.8. The summed E-state index contributed by atoms with van der Waals surface area (Å²) < 4.78 is 0. The number of hydrogen-bond acceptors (Lipinski definition) is 4. The first-order valence-corrected chi connectivity index (χ1v) is 22.0. The molecule has 0 aliphatic rings. The molecule has 0 unspecified atom stereocenters. The topological polar surface area (TPSA) is 50.0 Å². The number of hydrogen-bond donors (Lipinski definition) is 0. The molecule has 0 amide bonds. The fourth-order valence-electron chi connectivity index (χ4n) is 8.28. The van der Waals surface area contributed by atoms with E-state index in [1.165, 1.54) is 5.56 Å². The number of pyridine rings is 1. The highest BCUT2D eigenvalue weighted by atomic mass is 14.8. The van der Waals surface area contributed by atoms with E-state index in [2.05, 4.69) is 200 Å². The van der Waals surface area contributed by atoms with Crippen LogP contribution in [-0.4, -0.2) is 29.2 Å². The monoisotopic (exact) mass is 836 g/mol. The van der Waals surface area contributed by atoms with Crippen molar-refractivity contribution in [2.24, 2.45) is 15.0 Å². The van der Waals surface area contributed by atoms with E-state index in [1.807, 2.05) is 55.7 Å². The summed E-state index contributed by atoms with van der Waals surface area (Å²) in [4.78, 5) is 20.7. The van der Waals surface area contributed by atoms with Crippen LogP contribution in [0, 0.1) is 0 Å². The second-order valence-electron chi connectivity index (χ2n) is 15.8. The maximum atomic E-state index is 5.77. The van der Waals surface area contributed by atoms with E-state index in [9.17, 15) is 0 Å². The van der Waals surface area contributed by atoms with Crippen molar-refractivity contribution in [3.63, 3.8) is 0 Å². The van der Waals surface area contributed by atoms with E-state index in [1.54, 1.807) is 6.20 Å². The largest absolute Gasteiger partial charge is 0.286 e. The van der Waals surface area contributed by atoms with Crippen molar-refractivity contribution in [1.82, 2.24) is 4.98 Å². The molecule has 0 radical (unpaired) electrons. The summed E-state index contributed by atoms with van der Waals surface area (Å²) in [5, 5.41) is 2.28. The second kappa shape index (κ2) is 20.2. The van der Waals surface area contributed by atoms with Crippen LogP contribution in [0.4, 0.5) is 0 Å². The van der Waals surface area contributed by atoms with Crippen molar-refractivity contribution in [2.75, 3.05) is 7.05 Å². The molecule has 0 aliphatic carbocycles. The van der Waals surface area contributed by atoms with Gasteiger partial charge in [0.25, 0.3) is 0 Å². The Morgan fingerprint density at radius 3 is 1.74 bits per heavy atom. The van der Waals surface area contributed by atoms with E-state index in [0.29, 0.717) is 6.42 Å². The van der Waals surface area contributed by atoms with Crippen LogP contribution in [0.5, 0.6) is 0 Å². The quantitative estimate of drug-likeness (QED) is 0.0843. The molecule has 8 aromatic carbocycles. The number of allylic oxidation sites excluding steroid dienone is 1. The number of fused-ring (bicyclic) bond motifs is 1. The Morgan fingerprint density at radius 2 is 1.09 bits per heavy atom. The zero-order valence-corrected chi connectivity index (χ0v) is 36.6. The molecular formula is C61H48N4. The average Bonchev–Trinajstić information content (AvgIpc) is 3.38. The van der Waals surface area contributed by atoms with Gasteiger partial charge in [0.05, 0.1) is 28.5 Å². The van der Waals surface area contributed by atoms with Crippen molar-refractivity contribution >= 4 is 51.0 Å². The van der Waals surface area contributed by atoms with Gasteiger partial charge >= 0.3 is 0 Å². The van der Waals surface area contributed by atoms with Gasteiger partial charge in [-0.3, -0.25) is 15.0 Å². The van der Waals surface area contributed by atoms with Crippen LogP contribution >= 0.6 is 0 Å². The lowest BCUT2D eigenvalue weighted by Gasteiger charge is -2.19. The number of rotatable bonds is 13. The standard InChI is InChI=1S/C61H48N4/c1-44(47-25-10-4-11-26-47)59(64-56(49-28-12-5-13-29-49)40-45-22-8-3-9-23-45)55-38-37-48-27-18-19-36-54(48)58(55)53-35-20-34-52(42-53)57(41-46-24-21-39-63-43-46)65-61(51-32-16-7-17-33-51)60(62-2)50-30-14-6-15-31-50/h3-39,41-43H,40H2,1-2H3/b57-41+,59-44+,62-60?,64-56?,65-61?. The van der Waals surface area contributed by atoms with Gasteiger partial charge in [0, 0.05) is 48.1 Å². The Kier molecular flexibility index (Phi) is 13.1. The molecule has 0 spiro atoms. The van der Waals surface area contributed by atoms with Crippen molar-refractivity contribution in [3.05, 3.63) is 281 Å². The van der Waals surface area contributed by atoms with Gasteiger partial charge in [0.2, 0.25) is 0 Å². The van der Waals surface area contributed by atoms with Gasteiger partial charge in [-0.05, 0) is 74.9 Å². The Hall–Kier alpha value is -8.34. The number of aromatic nitrogens is 1. The summed E-state index contributed by atoms with van der Waals surface area (Å²) >= 11 is 0. The molecule has 4 heteroatoms. The molecule has 9 rings (SSSR count). The van der Waals surface area contributed by atoms with Crippen molar-refractivity contribution < 1.29 is 0 Å². The molecule has 0 atom stereocenters. The van der Waals surface area contributed by atoms with Gasteiger partial charge in [-0.1, -0.05) is 212 Å². The molecule has 0 N–H and O–H groups in total. The molecule has 4 nitrogen and oxygen atoms in total. The lowest BCUT2D eigenvalue weighted by atomic mass is 9.88. The summed E-state index contributed by atoms with van der Waals surface area (Å²) in [6.45, 7) is 2.20. The molecule has 1 aromatic heterocycles. The zero-order chi connectivity index (χ0) is 44.2. The first kappa shape index (κ1) is 42.0. The molecule has 0 saturated carbocycles. The van der Waals surface area contributed by atoms with Gasteiger partial charge in [0.15, 0.2) is 0 Å². The molecule has 65 heavy (non-hydrogen) atoms. The molecule has 0 saturated heterocycles. The smallest absolute Gasteiger partial charge is 0.0967 e. The number of benzene rings is 8. The second-order valence-corrected chi connectivity index (χ2v) is 15.8. The van der Waals surface area contributed by atoms with Gasteiger partial charge in [-0.2, -0.15) is 0 Å². The summed E-state index contributed by atoms with van der Waals surface area (Å²) in [7, 11) is 1.84. The SMILES string of the molecule is CN=C(C(=N/C(=C/c1cccnc1)c1cccc(-c2c(/C(N=C(Cc3ccccc3)c3ccccc3)=C(/C)c3ccccc3)ccc3ccccc23)c1)c1ccccc1)c1ccccc1. The van der Waals surface area contributed by atoms with Crippen LogP contribution < -0.4 is 0 Å². The first-order chi connectivity index (χ1) is 32.1.